The van der Waals surface area contributed by atoms with Gasteiger partial charge in [0.2, 0.25) is 0 Å². The molecule has 1 aliphatic carbocycles. The van der Waals surface area contributed by atoms with Gasteiger partial charge in [-0.25, -0.2) is 4.98 Å². The van der Waals surface area contributed by atoms with E-state index in [1.54, 1.807) is 0 Å². The third-order valence-corrected chi connectivity index (χ3v) is 4.84. The van der Waals surface area contributed by atoms with E-state index in [0.29, 0.717) is 12.1 Å². The lowest BCUT2D eigenvalue weighted by molar-refractivity contribution is 0.0846. The van der Waals surface area contributed by atoms with Gasteiger partial charge in [-0.3, -0.25) is 0 Å². The largest absolute Gasteiger partial charge is 0.377 e. The minimum Gasteiger partial charge on any atom is -0.377 e. The van der Waals surface area contributed by atoms with Gasteiger partial charge in [-0.2, -0.15) is 0 Å². The van der Waals surface area contributed by atoms with Crippen LogP contribution in [-0.2, 0) is 11.2 Å². The highest BCUT2D eigenvalue weighted by Gasteiger charge is 2.24. The number of hydrogen-bond acceptors (Lipinski definition) is 5. The normalized spacial score (nSPS) is 18.4. The fourth-order valence-corrected chi connectivity index (χ4v) is 3.69. The Bertz CT molecular complexity index is 419. The van der Waals surface area contributed by atoms with Crippen LogP contribution in [0.25, 0.3) is 0 Å². The van der Waals surface area contributed by atoms with Crippen molar-refractivity contribution in [3.8, 4) is 0 Å². The van der Waals surface area contributed by atoms with E-state index < -0.39 is 0 Å². The van der Waals surface area contributed by atoms with E-state index in [-0.39, 0.29) is 0 Å². The van der Waals surface area contributed by atoms with E-state index in [9.17, 15) is 0 Å². The van der Waals surface area contributed by atoms with Gasteiger partial charge < -0.3 is 15.0 Å². The topological polar surface area (TPSA) is 37.4 Å². The Kier molecular flexibility index (Phi) is 5.81. The van der Waals surface area contributed by atoms with Crippen molar-refractivity contribution in [3.63, 3.8) is 0 Å². The molecule has 2 rings (SSSR count). The van der Waals surface area contributed by atoms with E-state index in [1.807, 2.05) is 11.3 Å². The summed E-state index contributed by atoms with van der Waals surface area (Å²) in [6.07, 6.45) is 3.97. The molecule has 1 aromatic heterocycles. The number of rotatable bonds is 7. The summed E-state index contributed by atoms with van der Waals surface area (Å²) < 4.78 is 5.62. The minimum absolute atomic E-state index is 0.297. The van der Waals surface area contributed by atoms with Crippen molar-refractivity contribution < 1.29 is 4.74 Å². The predicted octanol–water partition coefficient (Wildman–Crippen LogP) is 2.99. The maximum Gasteiger partial charge on any atom is 0.185 e. The zero-order chi connectivity index (χ0) is 14.5. The average Bonchev–Trinajstić information content (AvgIpc) is 2.83. The number of aromatic nitrogens is 1. The first-order valence-electron chi connectivity index (χ1n) is 7.67. The van der Waals surface area contributed by atoms with Crippen LogP contribution < -0.4 is 10.2 Å². The zero-order valence-corrected chi connectivity index (χ0v) is 13.9. The summed E-state index contributed by atoms with van der Waals surface area (Å²) in [5.74, 6) is 0. The molecule has 0 amide bonds. The molecular weight excluding hydrogens is 270 g/mol. The van der Waals surface area contributed by atoms with E-state index in [4.69, 9.17) is 9.72 Å². The molecule has 1 aromatic rings. The van der Waals surface area contributed by atoms with Crippen molar-refractivity contribution >= 4 is 16.5 Å². The Morgan fingerprint density at radius 3 is 3.00 bits per heavy atom. The molecule has 0 fully saturated rings. The van der Waals surface area contributed by atoms with Crippen LogP contribution >= 0.6 is 11.3 Å². The van der Waals surface area contributed by atoms with E-state index in [0.717, 1.165) is 24.8 Å². The number of aryl methyl sites for hydroxylation is 1. The highest BCUT2D eigenvalue weighted by Crippen LogP contribution is 2.36. The van der Waals surface area contributed by atoms with Crippen LogP contribution in [-0.4, -0.2) is 37.8 Å². The molecule has 20 heavy (non-hydrogen) atoms. The molecule has 0 saturated heterocycles. The molecule has 5 heteroatoms. The number of ether oxygens (including phenoxy) is 1. The highest BCUT2D eigenvalue weighted by molar-refractivity contribution is 7.15. The van der Waals surface area contributed by atoms with E-state index in [1.165, 1.54) is 29.8 Å². The van der Waals surface area contributed by atoms with Crippen molar-refractivity contribution in [2.45, 2.75) is 52.2 Å². The van der Waals surface area contributed by atoms with Gasteiger partial charge in [-0.15, -0.1) is 11.3 Å². The highest BCUT2D eigenvalue weighted by atomic mass is 32.1. The summed E-state index contributed by atoms with van der Waals surface area (Å²) in [6, 6.07) is 0.453. The summed E-state index contributed by atoms with van der Waals surface area (Å²) in [7, 11) is 2.11. The van der Waals surface area contributed by atoms with Gasteiger partial charge in [0, 0.05) is 18.5 Å². The lowest BCUT2D eigenvalue weighted by atomic mass is 9.98. The number of hydrogen-bond donors (Lipinski definition) is 1. The van der Waals surface area contributed by atoms with Crippen molar-refractivity contribution in [2.75, 3.05) is 31.6 Å². The summed E-state index contributed by atoms with van der Waals surface area (Å²) in [4.78, 5) is 8.56. The van der Waals surface area contributed by atoms with Crippen LogP contribution in [0, 0.1) is 0 Å². The monoisotopic (exact) mass is 297 g/mol. The van der Waals surface area contributed by atoms with E-state index >= 15 is 0 Å². The van der Waals surface area contributed by atoms with Gasteiger partial charge in [0.1, 0.15) is 0 Å². The molecule has 1 heterocycles. The molecule has 114 valence electrons. The van der Waals surface area contributed by atoms with Crippen molar-refractivity contribution in [2.24, 2.45) is 0 Å². The maximum atomic E-state index is 5.62. The number of nitrogens with one attached hydrogen (secondary N) is 1. The molecule has 0 radical (unpaired) electrons. The number of nitrogens with zero attached hydrogens (tertiary/aromatic N) is 2. The van der Waals surface area contributed by atoms with Gasteiger partial charge in [-0.1, -0.05) is 6.92 Å². The summed E-state index contributed by atoms with van der Waals surface area (Å²) in [6.45, 7) is 8.98. The molecule has 1 unspecified atom stereocenters. The third-order valence-electron chi connectivity index (χ3n) is 3.60. The molecule has 4 nitrogen and oxygen atoms in total. The van der Waals surface area contributed by atoms with Crippen LogP contribution in [0.3, 0.4) is 0 Å². The Morgan fingerprint density at radius 2 is 2.30 bits per heavy atom. The Hall–Kier alpha value is -0.650. The fraction of sp³-hybridized carbons (Fsp3) is 0.800. The quantitative estimate of drug-likeness (QED) is 0.839. The Labute approximate surface area is 126 Å². The van der Waals surface area contributed by atoms with Gasteiger partial charge in [-0.05, 0) is 39.7 Å². The maximum absolute atomic E-state index is 5.62. The van der Waals surface area contributed by atoms with Gasteiger partial charge >= 0.3 is 0 Å². The molecule has 0 spiro atoms. The van der Waals surface area contributed by atoms with Crippen molar-refractivity contribution in [1.29, 1.82) is 0 Å². The predicted molar refractivity (Wildman–Crippen MR) is 85.8 cm³/mol. The molecular formula is C15H27N3OS. The number of likely N-dealkylation sites (N-methyl/N-ethyl adjacent to an activating group) is 1. The summed E-state index contributed by atoms with van der Waals surface area (Å²) in [5, 5.41) is 4.68. The Balaban J connectivity index is 1.99. The second-order valence-electron chi connectivity index (χ2n) is 5.65. The fourth-order valence-electron chi connectivity index (χ4n) is 2.53. The lowest BCUT2D eigenvalue weighted by Gasteiger charge is -2.21. The zero-order valence-electron chi connectivity index (χ0n) is 13.1. The smallest absolute Gasteiger partial charge is 0.185 e. The van der Waals surface area contributed by atoms with Crippen LogP contribution in [0.15, 0.2) is 0 Å². The molecule has 0 aliphatic heterocycles. The first-order chi connectivity index (χ1) is 9.61. The average molecular weight is 297 g/mol. The SMILES string of the molecule is CCNC1CCCc2sc(N(C)CCOC(C)C)nc21. The van der Waals surface area contributed by atoms with E-state index in [2.05, 4.69) is 38.0 Å². The molecule has 1 N–H and O–H groups in total. The van der Waals surface area contributed by atoms with Crippen LogP contribution in [0.1, 0.15) is 50.2 Å². The van der Waals surface area contributed by atoms with Crippen molar-refractivity contribution in [3.05, 3.63) is 10.6 Å². The molecule has 0 saturated carbocycles. The second-order valence-corrected chi connectivity index (χ2v) is 6.71. The molecule has 0 aromatic carbocycles. The van der Waals surface area contributed by atoms with Crippen LogP contribution in [0.5, 0.6) is 0 Å². The second kappa shape index (κ2) is 7.38. The molecule has 1 atom stereocenters. The minimum atomic E-state index is 0.297. The first-order valence-corrected chi connectivity index (χ1v) is 8.49. The standard InChI is InChI=1S/C15H27N3OS/c1-5-16-12-7-6-8-13-14(12)17-15(20-13)18(4)9-10-19-11(2)3/h11-12,16H,5-10H2,1-4H3. The Morgan fingerprint density at radius 1 is 1.50 bits per heavy atom. The van der Waals surface area contributed by atoms with Gasteiger partial charge in [0.25, 0.3) is 0 Å². The lowest BCUT2D eigenvalue weighted by Crippen LogP contribution is -2.25. The number of anilines is 1. The summed E-state index contributed by atoms with van der Waals surface area (Å²) >= 11 is 1.85. The van der Waals surface area contributed by atoms with Crippen molar-refractivity contribution in [1.82, 2.24) is 10.3 Å². The first kappa shape index (κ1) is 15.7. The van der Waals surface area contributed by atoms with Gasteiger partial charge in [0.05, 0.1) is 24.4 Å². The number of fused-ring (bicyclic) bond motifs is 1. The third kappa shape index (κ3) is 3.93. The number of thiazole rings is 1. The summed E-state index contributed by atoms with van der Waals surface area (Å²) in [5.41, 5.74) is 1.29. The van der Waals surface area contributed by atoms with Gasteiger partial charge in [0.15, 0.2) is 5.13 Å². The van der Waals surface area contributed by atoms with Crippen LogP contribution in [0.4, 0.5) is 5.13 Å². The van der Waals surface area contributed by atoms with Crippen LogP contribution in [0.2, 0.25) is 0 Å². The molecule has 0 bridgehead atoms. The molecule has 1 aliphatic rings.